The third-order valence-electron chi connectivity index (χ3n) is 7.21. The van der Waals surface area contributed by atoms with Gasteiger partial charge in [-0.15, -0.1) is 0 Å². The molecular weight excluding hydrogens is 486 g/mol. The van der Waals surface area contributed by atoms with Crippen LogP contribution in [0.3, 0.4) is 0 Å². The van der Waals surface area contributed by atoms with Crippen LogP contribution in [0, 0.1) is 24.0 Å². The Hall–Kier alpha value is -3.53. The minimum Gasteiger partial charge on any atom is -0.369 e. The van der Waals surface area contributed by atoms with E-state index in [1.165, 1.54) is 13.0 Å². The fourth-order valence-electron chi connectivity index (χ4n) is 5.34. The van der Waals surface area contributed by atoms with Gasteiger partial charge in [-0.25, -0.2) is 8.78 Å². The number of nitrogens with zero attached hydrogens (tertiary/aromatic N) is 4. The van der Waals surface area contributed by atoms with Gasteiger partial charge >= 0.3 is 6.43 Å². The van der Waals surface area contributed by atoms with E-state index in [1.54, 1.807) is 12.3 Å². The monoisotopic (exact) mass is 513 g/mol. The van der Waals surface area contributed by atoms with Gasteiger partial charge in [-0.3, -0.25) is 19.7 Å². The number of alkyl halides is 2. The molecule has 1 unspecified atom stereocenters. The summed E-state index contributed by atoms with van der Waals surface area (Å²) in [6, 6.07) is 8.59. The maximum atomic E-state index is 13.9. The molecule has 3 aromatic rings. The first-order chi connectivity index (χ1) is 17.6. The number of aryl methyl sites for hydroxylation is 1. The standard InChI is InChI=1S/C27H27F4N5O/c1-17-7-20(11-32-9-17)36-15-27(16-36)13-35(14-27)12-18-3-6-23(33-10-18)26(2,34-25(37)24(30)31)19-4-5-21(28)22(29)8-19/h3-11,24H,12-16H2,1-2H3,(H,34,37). The predicted molar refractivity (Wildman–Crippen MR) is 130 cm³/mol. The molecular formula is C27H27F4N5O. The van der Waals surface area contributed by atoms with E-state index >= 15 is 0 Å². The second-order valence-electron chi connectivity index (χ2n) is 10.3. The fourth-order valence-corrected chi connectivity index (χ4v) is 5.34. The molecule has 1 spiro atoms. The summed E-state index contributed by atoms with van der Waals surface area (Å²) < 4.78 is 53.5. The van der Waals surface area contributed by atoms with Crippen molar-refractivity contribution in [3.8, 4) is 0 Å². The van der Waals surface area contributed by atoms with Crippen LogP contribution in [0.15, 0.2) is 55.0 Å². The van der Waals surface area contributed by atoms with Crippen molar-refractivity contribution in [2.45, 2.75) is 32.4 Å². The molecule has 0 saturated carbocycles. The van der Waals surface area contributed by atoms with Crippen LogP contribution in [-0.4, -0.2) is 53.4 Å². The van der Waals surface area contributed by atoms with Gasteiger partial charge in [0.25, 0.3) is 5.91 Å². The van der Waals surface area contributed by atoms with E-state index < -0.39 is 29.5 Å². The Bertz CT molecular complexity index is 1300. The zero-order valence-corrected chi connectivity index (χ0v) is 20.5. The summed E-state index contributed by atoms with van der Waals surface area (Å²) in [6.07, 6.45) is 2.09. The summed E-state index contributed by atoms with van der Waals surface area (Å²) in [4.78, 5) is 25.2. The molecule has 6 nitrogen and oxygen atoms in total. The number of carbonyl (C=O) groups excluding carboxylic acids is 1. The number of aromatic nitrogens is 2. The quantitative estimate of drug-likeness (QED) is 0.484. The summed E-state index contributed by atoms with van der Waals surface area (Å²) in [5.41, 5.74) is 2.24. The largest absolute Gasteiger partial charge is 0.369 e. The van der Waals surface area contributed by atoms with E-state index in [1.807, 2.05) is 25.4 Å². The Morgan fingerprint density at radius 3 is 2.43 bits per heavy atom. The Morgan fingerprint density at radius 1 is 1.05 bits per heavy atom. The zero-order valence-electron chi connectivity index (χ0n) is 20.5. The van der Waals surface area contributed by atoms with Crippen molar-refractivity contribution >= 4 is 11.6 Å². The highest BCUT2D eigenvalue weighted by molar-refractivity contribution is 5.80. The molecule has 0 bridgehead atoms. The van der Waals surface area contributed by atoms with Crippen LogP contribution in [0.25, 0.3) is 0 Å². The number of pyridine rings is 2. The highest BCUT2D eigenvalue weighted by Gasteiger charge is 2.51. The lowest BCUT2D eigenvalue weighted by atomic mass is 9.72. The molecule has 2 fully saturated rings. The molecule has 2 saturated heterocycles. The lowest BCUT2D eigenvalue weighted by Gasteiger charge is -2.61. The Kier molecular flexibility index (Phi) is 6.39. The SMILES string of the molecule is Cc1cncc(N2CC3(CN(Cc4ccc(C(C)(NC(=O)C(F)F)c5ccc(F)c(F)c5)nc4)C3)C2)c1. The van der Waals surface area contributed by atoms with Crippen LogP contribution < -0.4 is 10.2 Å². The van der Waals surface area contributed by atoms with Gasteiger partial charge in [0.05, 0.1) is 17.6 Å². The van der Waals surface area contributed by atoms with Gasteiger partial charge in [0.1, 0.15) is 5.54 Å². The molecule has 1 aromatic carbocycles. The number of hydrogen-bond acceptors (Lipinski definition) is 5. The van der Waals surface area contributed by atoms with Crippen LogP contribution in [0.4, 0.5) is 23.2 Å². The second kappa shape index (κ2) is 9.41. The van der Waals surface area contributed by atoms with E-state index in [-0.39, 0.29) is 16.7 Å². The topological polar surface area (TPSA) is 61.4 Å². The molecule has 2 aromatic heterocycles. The van der Waals surface area contributed by atoms with E-state index in [0.717, 1.165) is 55.1 Å². The molecule has 194 valence electrons. The summed E-state index contributed by atoms with van der Waals surface area (Å²) in [5, 5.41) is 2.24. The predicted octanol–water partition coefficient (Wildman–Crippen LogP) is 4.03. The first-order valence-electron chi connectivity index (χ1n) is 12.0. The van der Waals surface area contributed by atoms with Crippen LogP contribution in [0.5, 0.6) is 0 Å². The van der Waals surface area contributed by atoms with Gasteiger partial charge < -0.3 is 10.2 Å². The van der Waals surface area contributed by atoms with E-state index in [0.29, 0.717) is 6.54 Å². The molecule has 1 atom stereocenters. The van der Waals surface area contributed by atoms with Crippen LogP contribution >= 0.6 is 0 Å². The van der Waals surface area contributed by atoms with Crippen LogP contribution in [0.2, 0.25) is 0 Å². The molecule has 5 rings (SSSR count). The summed E-state index contributed by atoms with van der Waals surface area (Å²) >= 11 is 0. The number of halogens is 4. The molecule has 2 aliphatic rings. The summed E-state index contributed by atoms with van der Waals surface area (Å²) in [7, 11) is 0. The Morgan fingerprint density at radius 2 is 1.81 bits per heavy atom. The second-order valence-corrected chi connectivity index (χ2v) is 10.3. The lowest BCUT2D eigenvalue weighted by Crippen LogP contribution is -2.72. The van der Waals surface area contributed by atoms with Gasteiger partial charge in [-0.1, -0.05) is 12.1 Å². The lowest BCUT2D eigenvalue weighted by molar-refractivity contribution is -0.133. The molecule has 0 aliphatic carbocycles. The van der Waals surface area contributed by atoms with Crippen molar-refractivity contribution < 1.29 is 22.4 Å². The van der Waals surface area contributed by atoms with Crippen LogP contribution in [-0.2, 0) is 16.9 Å². The average Bonchev–Trinajstić information content (AvgIpc) is 2.81. The number of carbonyl (C=O) groups is 1. The fraction of sp³-hybridized carbons (Fsp3) is 0.370. The maximum absolute atomic E-state index is 13.9. The van der Waals surface area contributed by atoms with Crippen molar-refractivity contribution in [1.29, 1.82) is 0 Å². The smallest absolute Gasteiger partial charge is 0.315 e. The highest BCUT2D eigenvalue weighted by atomic mass is 19.3. The normalized spacial score (nSPS) is 18.3. The molecule has 0 radical (unpaired) electrons. The molecule has 37 heavy (non-hydrogen) atoms. The molecule has 10 heteroatoms. The van der Waals surface area contributed by atoms with Crippen molar-refractivity contribution in [1.82, 2.24) is 20.2 Å². The third kappa shape index (κ3) is 4.90. The van der Waals surface area contributed by atoms with Crippen molar-refractivity contribution in [3.63, 3.8) is 0 Å². The first-order valence-corrected chi connectivity index (χ1v) is 12.0. The molecule has 2 aliphatic heterocycles. The Labute approximate surface area is 212 Å². The number of likely N-dealkylation sites (tertiary alicyclic amines) is 1. The minimum absolute atomic E-state index is 0.101. The number of amides is 1. The number of benzene rings is 1. The first kappa shape index (κ1) is 25.1. The molecule has 1 amide bonds. The minimum atomic E-state index is -3.27. The van der Waals surface area contributed by atoms with Gasteiger partial charge in [-0.05, 0) is 54.8 Å². The van der Waals surface area contributed by atoms with Crippen molar-refractivity contribution in [2.24, 2.45) is 5.41 Å². The number of hydrogen-bond donors (Lipinski definition) is 1. The molecule has 4 heterocycles. The average molecular weight is 514 g/mol. The summed E-state index contributed by atoms with van der Waals surface area (Å²) in [6.45, 7) is 8.04. The summed E-state index contributed by atoms with van der Waals surface area (Å²) in [5.74, 6) is -3.75. The third-order valence-corrected chi connectivity index (χ3v) is 7.21. The zero-order chi connectivity index (χ0) is 26.4. The number of rotatable bonds is 7. The van der Waals surface area contributed by atoms with Gasteiger partial charge in [0.2, 0.25) is 0 Å². The maximum Gasteiger partial charge on any atom is 0.315 e. The van der Waals surface area contributed by atoms with E-state index in [2.05, 4.69) is 31.2 Å². The van der Waals surface area contributed by atoms with Gasteiger partial charge in [0, 0.05) is 50.5 Å². The number of anilines is 1. The molecule has 1 N–H and O–H groups in total. The number of nitrogens with one attached hydrogen (secondary N) is 1. The van der Waals surface area contributed by atoms with E-state index in [9.17, 15) is 22.4 Å². The van der Waals surface area contributed by atoms with Gasteiger partial charge in [0.15, 0.2) is 11.6 Å². The van der Waals surface area contributed by atoms with E-state index in [4.69, 9.17) is 0 Å². The van der Waals surface area contributed by atoms with Crippen molar-refractivity contribution in [3.05, 3.63) is 89.0 Å². The highest BCUT2D eigenvalue weighted by Crippen LogP contribution is 2.42. The Balaban J connectivity index is 1.25. The van der Waals surface area contributed by atoms with Gasteiger partial charge in [-0.2, -0.15) is 8.78 Å². The van der Waals surface area contributed by atoms with Crippen LogP contribution in [0.1, 0.15) is 29.3 Å². The van der Waals surface area contributed by atoms with Crippen molar-refractivity contribution in [2.75, 3.05) is 31.1 Å².